The zero-order valence-electron chi connectivity index (χ0n) is 20.8. The van der Waals surface area contributed by atoms with Gasteiger partial charge in [0.05, 0.1) is 6.10 Å². The molecule has 0 amide bonds. The van der Waals surface area contributed by atoms with Crippen molar-refractivity contribution in [1.82, 2.24) is 0 Å². The summed E-state index contributed by atoms with van der Waals surface area (Å²) in [5, 5.41) is 2.10. The van der Waals surface area contributed by atoms with Crippen LogP contribution in [0.3, 0.4) is 0 Å². The number of halogens is 2. The van der Waals surface area contributed by atoms with Gasteiger partial charge in [0.15, 0.2) is 0 Å². The number of hydrogen-bond donors (Lipinski definition) is 0. The molecule has 0 aliphatic heterocycles. The van der Waals surface area contributed by atoms with Crippen molar-refractivity contribution >= 4 is 37.9 Å². The van der Waals surface area contributed by atoms with Crippen LogP contribution in [0, 0.1) is 33.6 Å². The Morgan fingerprint density at radius 1 is 0.875 bits per heavy atom. The summed E-state index contributed by atoms with van der Waals surface area (Å²) in [5.74, 6) is 0.602. The summed E-state index contributed by atoms with van der Waals surface area (Å²) in [6.45, 7) is 13.4. The van der Waals surface area contributed by atoms with Crippen LogP contribution in [0.4, 0.5) is 0 Å². The van der Waals surface area contributed by atoms with Crippen molar-refractivity contribution in [2.75, 3.05) is 17.8 Å². The quantitative estimate of drug-likeness (QED) is 0.333. The van der Waals surface area contributed by atoms with Crippen LogP contribution in [0.2, 0.25) is 0 Å². The van der Waals surface area contributed by atoms with E-state index >= 15 is 0 Å². The molecule has 2 unspecified atom stereocenters. The van der Waals surface area contributed by atoms with Crippen LogP contribution in [0.1, 0.15) is 75.6 Å². The fourth-order valence-electron chi connectivity index (χ4n) is 5.52. The van der Waals surface area contributed by atoms with Gasteiger partial charge in [-0.15, -0.1) is 0 Å². The van der Waals surface area contributed by atoms with E-state index < -0.39 is 0 Å². The third-order valence-corrected chi connectivity index (χ3v) is 8.20. The number of alkyl halides is 2. The van der Waals surface area contributed by atoms with Gasteiger partial charge in [0, 0.05) is 17.8 Å². The molecule has 3 heteroatoms. The summed E-state index contributed by atoms with van der Waals surface area (Å²) < 4.78 is 5.67. The van der Waals surface area contributed by atoms with Crippen LogP contribution >= 0.6 is 31.9 Å². The molecular formula is C29H38Br2O. The fraction of sp³-hybridized carbons (Fsp3) is 0.517. The fourth-order valence-corrected chi connectivity index (χ4v) is 6.32. The molecule has 0 spiro atoms. The molecule has 0 fully saturated rings. The van der Waals surface area contributed by atoms with E-state index in [1.165, 1.54) is 39.0 Å². The average Bonchev–Trinajstić information content (AvgIpc) is 3.27. The monoisotopic (exact) mass is 560 g/mol. The van der Waals surface area contributed by atoms with Crippen molar-refractivity contribution in [1.29, 1.82) is 0 Å². The van der Waals surface area contributed by atoms with Crippen molar-refractivity contribution in [2.24, 2.45) is 5.92 Å². The first kappa shape index (κ1) is 25.7. The minimum Gasteiger partial charge on any atom is -0.376 e. The van der Waals surface area contributed by atoms with Crippen molar-refractivity contribution in [3.63, 3.8) is 0 Å². The van der Waals surface area contributed by atoms with E-state index in [2.05, 4.69) is 91.6 Å². The van der Waals surface area contributed by atoms with Gasteiger partial charge < -0.3 is 4.74 Å². The Hall–Kier alpha value is -0.900. The summed E-state index contributed by atoms with van der Waals surface area (Å²) in [6.07, 6.45) is 7.21. The second kappa shape index (κ2) is 11.0. The topological polar surface area (TPSA) is 9.23 Å². The molecular weight excluding hydrogens is 524 g/mol. The van der Waals surface area contributed by atoms with Crippen molar-refractivity contribution in [3.8, 4) is 0 Å². The van der Waals surface area contributed by atoms with E-state index in [0.717, 1.165) is 36.3 Å². The lowest BCUT2D eigenvalue weighted by atomic mass is 9.92. The molecule has 0 saturated carbocycles. The van der Waals surface area contributed by atoms with Crippen LogP contribution in [-0.2, 0) is 30.4 Å². The molecule has 1 nitrogen and oxygen atoms in total. The van der Waals surface area contributed by atoms with E-state index in [-0.39, 0.29) is 0 Å². The summed E-state index contributed by atoms with van der Waals surface area (Å²) in [6, 6.07) is 4.67. The van der Waals surface area contributed by atoms with Gasteiger partial charge in [0.2, 0.25) is 0 Å². The summed E-state index contributed by atoms with van der Waals surface area (Å²) >= 11 is 7.12. The molecule has 0 radical (unpaired) electrons. The molecule has 2 atom stereocenters. The van der Waals surface area contributed by atoms with Gasteiger partial charge in [-0.3, -0.25) is 0 Å². The van der Waals surface area contributed by atoms with E-state index in [1.807, 2.05) is 7.11 Å². The lowest BCUT2D eigenvalue weighted by Gasteiger charge is -2.17. The molecule has 0 bridgehead atoms. The molecule has 2 aliphatic carbocycles. The number of rotatable bonds is 5. The molecule has 32 heavy (non-hydrogen) atoms. The highest BCUT2D eigenvalue weighted by Gasteiger charge is 2.32. The standard InChI is InChI=1S/C15H21BrO.C14H17Br/c1-9-7-14-13(8-10(2)15(14)17-4)12(5-6-16)11(9)3;1-9-6-12-8-10(2)11(3)13(4-5-15)14(12)7-9/h7,10,15H,5-6,8H2,1-4H3;6,8H,4-5,7H2,1-3H3. The van der Waals surface area contributed by atoms with E-state index in [4.69, 9.17) is 4.74 Å². The number of aryl methyl sites for hydroxylation is 2. The van der Waals surface area contributed by atoms with Crippen LogP contribution in [0.25, 0.3) is 6.08 Å². The van der Waals surface area contributed by atoms with Gasteiger partial charge in [-0.2, -0.15) is 0 Å². The van der Waals surface area contributed by atoms with Crippen LogP contribution in [0.5, 0.6) is 0 Å². The number of fused-ring (bicyclic) bond motifs is 2. The predicted molar refractivity (Wildman–Crippen MR) is 147 cm³/mol. The summed E-state index contributed by atoms with van der Waals surface area (Å²) in [5.41, 5.74) is 16.4. The smallest absolute Gasteiger partial charge is 0.0852 e. The highest BCUT2D eigenvalue weighted by molar-refractivity contribution is 9.09. The molecule has 0 N–H and O–H groups in total. The number of benzene rings is 2. The molecule has 0 saturated heterocycles. The molecule has 2 aromatic carbocycles. The summed E-state index contributed by atoms with van der Waals surface area (Å²) in [4.78, 5) is 0. The summed E-state index contributed by atoms with van der Waals surface area (Å²) in [7, 11) is 1.83. The maximum Gasteiger partial charge on any atom is 0.0852 e. The third-order valence-electron chi connectivity index (χ3n) is 7.41. The first-order valence-electron chi connectivity index (χ1n) is 11.8. The van der Waals surface area contributed by atoms with E-state index in [1.54, 1.807) is 22.3 Å². The molecule has 174 valence electrons. The largest absolute Gasteiger partial charge is 0.376 e. The first-order valence-corrected chi connectivity index (χ1v) is 14.0. The maximum atomic E-state index is 5.67. The number of hydrogen-bond acceptors (Lipinski definition) is 1. The Morgan fingerprint density at radius 2 is 1.44 bits per heavy atom. The normalized spacial score (nSPS) is 18.7. The van der Waals surface area contributed by atoms with Crippen LogP contribution < -0.4 is 0 Å². The molecule has 2 aromatic rings. The second-order valence-corrected chi connectivity index (χ2v) is 11.2. The molecule has 0 heterocycles. The Balaban J connectivity index is 0.000000182. The highest BCUT2D eigenvalue weighted by atomic mass is 79.9. The van der Waals surface area contributed by atoms with Gasteiger partial charge in [-0.05, 0) is 122 Å². The van der Waals surface area contributed by atoms with Gasteiger partial charge in [0.1, 0.15) is 0 Å². The van der Waals surface area contributed by atoms with Crippen molar-refractivity contribution in [2.45, 2.75) is 73.3 Å². The lowest BCUT2D eigenvalue weighted by Crippen LogP contribution is -2.05. The highest BCUT2D eigenvalue weighted by Crippen LogP contribution is 2.42. The second-order valence-electron chi connectivity index (χ2n) is 9.61. The number of allylic oxidation sites excluding steroid dienone is 1. The van der Waals surface area contributed by atoms with Gasteiger partial charge >= 0.3 is 0 Å². The number of ether oxygens (including phenoxy) is 1. The Labute approximate surface area is 212 Å². The average molecular weight is 562 g/mol. The molecule has 2 aliphatic rings. The Kier molecular flexibility index (Phi) is 8.85. The minimum atomic E-state index is 0.290. The SMILES string of the molecule is CC1=Cc2cc(C)c(C)c(CCBr)c2C1.COC1c2cc(C)c(C)c(CCBr)c2CC1C. The lowest BCUT2D eigenvalue weighted by molar-refractivity contribution is 0.0695. The van der Waals surface area contributed by atoms with Gasteiger partial charge in [-0.25, -0.2) is 0 Å². The van der Waals surface area contributed by atoms with E-state index in [9.17, 15) is 0 Å². The Bertz CT molecular complexity index is 1020. The molecule has 0 aromatic heterocycles. The van der Waals surface area contributed by atoms with Crippen LogP contribution in [-0.4, -0.2) is 17.8 Å². The maximum absolute atomic E-state index is 5.67. The molecule has 4 rings (SSSR count). The zero-order valence-corrected chi connectivity index (χ0v) is 24.0. The Morgan fingerprint density at radius 3 is 2.00 bits per heavy atom. The van der Waals surface area contributed by atoms with Crippen LogP contribution in [0.15, 0.2) is 17.7 Å². The van der Waals surface area contributed by atoms with Crippen molar-refractivity contribution in [3.05, 3.63) is 73.3 Å². The zero-order chi connectivity index (χ0) is 23.6. The van der Waals surface area contributed by atoms with Gasteiger partial charge in [-0.1, -0.05) is 62.6 Å². The number of methoxy groups -OCH3 is 1. The van der Waals surface area contributed by atoms with Gasteiger partial charge in [0.25, 0.3) is 0 Å². The van der Waals surface area contributed by atoms with Crippen molar-refractivity contribution < 1.29 is 4.74 Å². The van der Waals surface area contributed by atoms with E-state index in [0.29, 0.717) is 12.0 Å². The predicted octanol–water partition coefficient (Wildman–Crippen LogP) is 8.32. The first-order chi connectivity index (χ1) is 15.2. The third kappa shape index (κ3) is 5.10. The minimum absolute atomic E-state index is 0.290.